The van der Waals surface area contributed by atoms with Gasteiger partial charge in [-0.25, -0.2) is 4.39 Å². The second-order valence-corrected chi connectivity index (χ2v) is 7.36. The fraction of sp³-hybridized carbons (Fsp3) is 0. The van der Waals surface area contributed by atoms with Crippen molar-refractivity contribution in [2.45, 2.75) is 0 Å². The number of nitrogens with zero attached hydrogens (tertiary/aromatic N) is 1. The summed E-state index contributed by atoms with van der Waals surface area (Å²) in [6.07, 6.45) is 0. The van der Waals surface area contributed by atoms with Crippen LogP contribution >= 0.6 is 0 Å². The molecule has 33 heavy (non-hydrogen) atoms. The van der Waals surface area contributed by atoms with E-state index in [0.29, 0.717) is 28.2 Å². The molecule has 6 nitrogen and oxygen atoms in total. The van der Waals surface area contributed by atoms with Crippen LogP contribution in [0.3, 0.4) is 0 Å². The Morgan fingerprint density at radius 1 is 0.848 bits per heavy atom. The minimum absolute atomic E-state index is 0.288. The maximum absolute atomic E-state index is 13.3. The third-order valence-corrected chi connectivity index (χ3v) is 5.10. The van der Waals surface area contributed by atoms with Gasteiger partial charge in [-0.2, -0.15) is 0 Å². The first-order chi connectivity index (χ1) is 16.1. The van der Waals surface area contributed by atoms with Crippen LogP contribution in [0.25, 0.3) is 16.7 Å². The lowest BCUT2D eigenvalue weighted by molar-refractivity contribution is 0.102. The van der Waals surface area contributed by atoms with Gasteiger partial charge in [-0.3, -0.25) is 14.2 Å². The van der Waals surface area contributed by atoms with E-state index in [1.807, 2.05) is 30.3 Å². The number of hydrogen-bond acceptors (Lipinski definition) is 3. The SMILES string of the molecule is O=C(Nc1ccc(Oc2ccccc2)cc1)c1cc2ccc(=O)n(-c3ccc(F)cc3)c2[nH]1. The highest BCUT2D eigenvalue weighted by Crippen LogP contribution is 2.23. The van der Waals surface area contributed by atoms with Gasteiger partial charge in [-0.15, -0.1) is 0 Å². The summed E-state index contributed by atoms with van der Waals surface area (Å²) in [5.74, 6) is 0.611. The van der Waals surface area contributed by atoms with Crippen LogP contribution in [0.5, 0.6) is 11.5 Å². The van der Waals surface area contributed by atoms with Crippen LogP contribution < -0.4 is 15.6 Å². The Morgan fingerprint density at radius 2 is 1.55 bits per heavy atom. The van der Waals surface area contributed by atoms with Crippen molar-refractivity contribution in [2.75, 3.05) is 5.32 Å². The number of carbonyl (C=O) groups is 1. The van der Waals surface area contributed by atoms with Crippen molar-refractivity contribution in [2.24, 2.45) is 0 Å². The minimum Gasteiger partial charge on any atom is -0.457 e. The summed E-state index contributed by atoms with van der Waals surface area (Å²) in [7, 11) is 0. The molecule has 2 heterocycles. The van der Waals surface area contributed by atoms with E-state index in [1.165, 1.54) is 34.9 Å². The predicted octanol–water partition coefficient (Wildman–Crippen LogP) is 5.50. The van der Waals surface area contributed by atoms with Crippen molar-refractivity contribution in [1.82, 2.24) is 9.55 Å². The molecule has 0 radical (unpaired) electrons. The third kappa shape index (κ3) is 4.24. The summed E-state index contributed by atoms with van der Waals surface area (Å²) < 4.78 is 20.5. The molecule has 0 saturated heterocycles. The Balaban J connectivity index is 1.38. The maximum Gasteiger partial charge on any atom is 0.272 e. The molecule has 0 aliphatic heterocycles. The van der Waals surface area contributed by atoms with Gasteiger partial charge in [0.1, 0.15) is 28.7 Å². The van der Waals surface area contributed by atoms with Gasteiger partial charge < -0.3 is 15.0 Å². The number of rotatable bonds is 5. The number of nitrogens with one attached hydrogen (secondary N) is 2. The van der Waals surface area contributed by atoms with E-state index in [4.69, 9.17) is 4.74 Å². The number of pyridine rings is 1. The summed E-state index contributed by atoms with van der Waals surface area (Å²) in [5, 5.41) is 3.51. The fourth-order valence-corrected chi connectivity index (χ4v) is 3.52. The number of carbonyl (C=O) groups excluding carboxylic acids is 1. The Bertz CT molecular complexity index is 1490. The molecule has 0 aliphatic carbocycles. The van der Waals surface area contributed by atoms with E-state index in [0.717, 1.165) is 5.75 Å². The second-order valence-electron chi connectivity index (χ2n) is 7.36. The highest BCUT2D eigenvalue weighted by molar-refractivity contribution is 6.05. The van der Waals surface area contributed by atoms with E-state index in [9.17, 15) is 14.0 Å². The lowest BCUT2D eigenvalue weighted by Crippen LogP contribution is -2.17. The number of aromatic amines is 1. The Kier molecular flexibility index (Phi) is 5.20. The van der Waals surface area contributed by atoms with Gasteiger partial charge in [0.2, 0.25) is 0 Å². The number of ether oxygens (including phenoxy) is 1. The molecule has 7 heteroatoms. The highest BCUT2D eigenvalue weighted by atomic mass is 19.1. The molecule has 0 aliphatic rings. The number of aromatic nitrogens is 2. The van der Waals surface area contributed by atoms with Gasteiger partial charge in [0.25, 0.3) is 11.5 Å². The normalized spacial score (nSPS) is 10.8. The van der Waals surface area contributed by atoms with Crippen molar-refractivity contribution in [3.8, 4) is 17.2 Å². The van der Waals surface area contributed by atoms with Gasteiger partial charge in [-0.05, 0) is 72.8 Å². The quantitative estimate of drug-likeness (QED) is 0.380. The van der Waals surface area contributed by atoms with Crippen molar-refractivity contribution in [3.05, 3.63) is 119 Å². The zero-order valence-corrected chi connectivity index (χ0v) is 17.3. The van der Waals surface area contributed by atoms with Crippen LogP contribution in [-0.4, -0.2) is 15.5 Å². The average molecular weight is 439 g/mol. The Morgan fingerprint density at radius 3 is 2.27 bits per heavy atom. The van der Waals surface area contributed by atoms with E-state index in [-0.39, 0.29) is 17.2 Å². The van der Waals surface area contributed by atoms with Gasteiger partial charge in [0.05, 0.1) is 5.69 Å². The van der Waals surface area contributed by atoms with E-state index in [2.05, 4.69) is 10.3 Å². The smallest absolute Gasteiger partial charge is 0.272 e. The van der Waals surface area contributed by atoms with Crippen LogP contribution in [0, 0.1) is 5.82 Å². The zero-order chi connectivity index (χ0) is 22.8. The van der Waals surface area contributed by atoms with Crippen molar-refractivity contribution in [1.29, 1.82) is 0 Å². The molecule has 0 atom stereocenters. The lowest BCUT2D eigenvalue weighted by atomic mass is 10.2. The number of halogens is 1. The van der Waals surface area contributed by atoms with Crippen LogP contribution in [0.1, 0.15) is 10.5 Å². The highest BCUT2D eigenvalue weighted by Gasteiger charge is 2.14. The first-order valence-corrected chi connectivity index (χ1v) is 10.2. The molecular formula is C26H18FN3O3. The van der Waals surface area contributed by atoms with Gasteiger partial charge >= 0.3 is 0 Å². The number of anilines is 1. The van der Waals surface area contributed by atoms with E-state index < -0.39 is 5.82 Å². The molecule has 5 aromatic rings. The van der Waals surface area contributed by atoms with Crippen LogP contribution in [0.4, 0.5) is 10.1 Å². The van der Waals surface area contributed by atoms with E-state index in [1.54, 1.807) is 36.4 Å². The lowest BCUT2D eigenvalue weighted by Gasteiger charge is -2.08. The van der Waals surface area contributed by atoms with Gasteiger partial charge in [0.15, 0.2) is 0 Å². The Labute approximate surface area is 187 Å². The number of amides is 1. The molecule has 3 aromatic carbocycles. The molecule has 2 aromatic heterocycles. The van der Waals surface area contributed by atoms with Crippen molar-refractivity contribution >= 4 is 22.6 Å². The molecule has 0 unspecified atom stereocenters. The topological polar surface area (TPSA) is 76.1 Å². The summed E-state index contributed by atoms with van der Waals surface area (Å²) in [5.41, 5.74) is 1.53. The number of para-hydroxylation sites is 1. The zero-order valence-electron chi connectivity index (χ0n) is 17.3. The number of H-pyrrole nitrogens is 1. The molecule has 162 valence electrons. The largest absolute Gasteiger partial charge is 0.457 e. The maximum atomic E-state index is 13.3. The molecule has 0 bridgehead atoms. The Hall–Kier alpha value is -4.65. The first-order valence-electron chi connectivity index (χ1n) is 10.2. The molecule has 0 fully saturated rings. The monoisotopic (exact) mass is 439 g/mol. The molecule has 5 rings (SSSR count). The average Bonchev–Trinajstić information content (AvgIpc) is 3.26. The van der Waals surface area contributed by atoms with Crippen LogP contribution in [-0.2, 0) is 0 Å². The summed E-state index contributed by atoms with van der Waals surface area (Å²) in [6.45, 7) is 0. The molecule has 0 saturated carbocycles. The summed E-state index contributed by atoms with van der Waals surface area (Å²) in [4.78, 5) is 28.3. The second kappa shape index (κ2) is 8.47. The van der Waals surface area contributed by atoms with Crippen LogP contribution in [0.2, 0.25) is 0 Å². The van der Waals surface area contributed by atoms with Gasteiger partial charge in [-0.1, -0.05) is 18.2 Å². The van der Waals surface area contributed by atoms with Gasteiger partial charge in [0, 0.05) is 17.1 Å². The third-order valence-electron chi connectivity index (χ3n) is 5.10. The van der Waals surface area contributed by atoms with Crippen molar-refractivity contribution < 1.29 is 13.9 Å². The number of fused-ring (bicyclic) bond motifs is 1. The predicted molar refractivity (Wildman–Crippen MR) is 125 cm³/mol. The van der Waals surface area contributed by atoms with E-state index >= 15 is 0 Å². The molecule has 1 amide bonds. The summed E-state index contributed by atoms with van der Waals surface area (Å²) in [6, 6.07) is 26.7. The fourth-order valence-electron chi connectivity index (χ4n) is 3.52. The molecular weight excluding hydrogens is 421 g/mol. The molecule has 2 N–H and O–H groups in total. The standard InChI is InChI=1S/C26H18FN3O3/c27-18-7-11-20(12-8-18)30-24(31)15-6-17-16-23(29-25(17)30)26(32)28-19-9-13-22(14-10-19)33-21-4-2-1-3-5-21/h1-16,29H,(H,28,32). The first kappa shape index (κ1) is 20.3. The minimum atomic E-state index is -0.397. The number of benzene rings is 3. The number of hydrogen-bond donors (Lipinski definition) is 2. The van der Waals surface area contributed by atoms with Crippen molar-refractivity contribution in [3.63, 3.8) is 0 Å². The summed E-state index contributed by atoms with van der Waals surface area (Å²) >= 11 is 0. The van der Waals surface area contributed by atoms with Crippen LogP contribution in [0.15, 0.2) is 102 Å². The molecule has 0 spiro atoms.